The third kappa shape index (κ3) is 2.97. The molecule has 0 N–H and O–H groups in total. The third-order valence-corrected chi connectivity index (χ3v) is 4.72. The molecule has 2 heterocycles. The van der Waals surface area contributed by atoms with E-state index in [4.69, 9.17) is 5.26 Å². The Morgan fingerprint density at radius 1 is 1.14 bits per heavy atom. The molecule has 0 fully saturated rings. The Bertz CT molecular complexity index is 1260. The van der Waals surface area contributed by atoms with E-state index in [1.165, 1.54) is 0 Å². The van der Waals surface area contributed by atoms with E-state index < -0.39 is 0 Å². The molecule has 0 spiro atoms. The summed E-state index contributed by atoms with van der Waals surface area (Å²) in [6, 6.07) is 14.7. The van der Waals surface area contributed by atoms with Gasteiger partial charge in [-0.25, -0.2) is 4.98 Å². The predicted octanol–water partition coefficient (Wildman–Crippen LogP) is 3.84. The summed E-state index contributed by atoms with van der Waals surface area (Å²) in [7, 11) is 0. The van der Waals surface area contributed by atoms with Crippen molar-refractivity contribution in [3.8, 4) is 22.9 Å². The molecular formula is C22H19N5O. The van der Waals surface area contributed by atoms with Crippen LogP contribution in [-0.4, -0.2) is 19.3 Å². The molecule has 0 unspecified atom stereocenters. The van der Waals surface area contributed by atoms with Gasteiger partial charge in [-0.2, -0.15) is 10.4 Å². The normalized spacial score (nSPS) is 10.9. The molecule has 4 aromatic rings. The molecule has 0 amide bonds. The first-order valence-electron chi connectivity index (χ1n) is 9.18. The number of rotatable bonds is 4. The highest BCUT2D eigenvalue weighted by molar-refractivity contribution is 5.93. The topological polar surface area (TPSA) is 76.5 Å². The van der Waals surface area contributed by atoms with Crippen LogP contribution in [0.1, 0.15) is 24.7 Å². The molecule has 6 heteroatoms. The van der Waals surface area contributed by atoms with Gasteiger partial charge in [0.25, 0.3) is 5.56 Å². The van der Waals surface area contributed by atoms with Gasteiger partial charge in [0.2, 0.25) is 0 Å². The lowest BCUT2D eigenvalue weighted by atomic mass is 10.0. The van der Waals surface area contributed by atoms with Gasteiger partial charge in [0.15, 0.2) is 0 Å². The Labute approximate surface area is 162 Å². The SMILES string of the molecule is CCCn1cc(-c2cccc3nc(C)n(-c4ccc(C#N)cc4)c(=O)c23)cn1. The Hall–Kier alpha value is -3.72. The first-order valence-corrected chi connectivity index (χ1v) is 9.18. The van der Waals surface area contributed by atoms with Crippen LogP contribution in [0.15, 0.2) is 59.7 Å². The lowest BCUT2D eigenvalue weighted by Crippen LogP contribution is -2.22. The molecule has 4 rings (SSSR count). The smallest absolute Gasteiger partial charge is 0.266 e. The van der Waals surface area contributed by atoms with E-state index in [1.807, 2.05) is 36.0 Å². The quantitative estimate of drug-likeness (QED) is 0.548. The van der Waals surface area contributed by atoms with Crippen LogP contribution in [0.2, 0.25) is 0 Å². The van der Waals surface area contributed by atoms with Gasteiger partial charge in [-0.15, -0.1) is 0 Å². The maximum atomic E-state index is 13.5. The minimum absolute atomic E-state index is 0.133. The zero-order valence-electron chi connectivity index (χ0n) is 15.8. The minimum atomic E-state index is -0.133. The van der Waals surface area contributed by atoms with Crippen molar-refractivity contribution in [3.63, 3.8) is 0 Å². The lowest BCUT2D eigenvalue weighted by molar-refractivity contribution is 0.603. The summed E-state index contributed by atoms with van der Waals surface area (Å²) in [5.41, 5.74) is 3.48. The van der Waals surface area contributed by atoms with Crippen LogP contribution in [0.4, 0.5) is 0 Å². The fourth-order valence-electron chi connectivity index (χ4n) is 3.42. The van der Waals surface area contributed by atoms with Gasteiger partial charge in [0.05, 0.1) is 34.4 Å². The maximum absolute atomic E-state index is 13.5. The van der Waals surface area contributed by atoms with Crippen LogP contribution in [-0.2, 0) is 6.54 Å². The van der Waals surface area contributed by atoms with E-state index in [-0.39, 0.29) is 5.56 Å². The van der Waals surface area contributed by atoms with E-state index in [0.29, 0.717) is 28.0 Å². The second kappa shape index (κ2) is 7.12. The zero-order valence-corrected chi connectivity index (χ0v) is 15.8. The molecule has 0 bridgehead atoms. The fourth-order valence-corrected chi connectivity index (χ4v) is 3.42. The molecule has 138 valence electrons. The van der Waals surface area contributed by atoms with Crippen molar-refractivity contribution < 1.29 is 0 Å². The Kier molecular flexibility index (Phi) is 4.50. The molecule has 0 aliphatic heterocycles. The van der Waals surface area contributed by atoms with Crippen LogP contribution in [0.5, 0.6) is 0 Å². The Balaban J connectivity index is 1.96. The second-order valence-electron chi connectivity index (χ2n) is 6.65. The Morgan fingerprint density at radius 3 is 2.64 bits per heavy atom. The van der Waals surface area contributed by atoms with Crippen LogP contribution in [0.25, 0.3) is 27.7 Å². The highest BCUT2D eigenvalue weighted by atomic mass is 16.1. The second-order valence-corrected chi connectivity index (χ2v) is 6.65. The molecule has 0 atom stereocenters. The Morgan fingerprint density at radius 2 is 1.93 bits per heavy atom. The van der Waals surface area contributed by atoms with E-state index in [0.717, 1.165) is 24.1 Å². The van der Waals surface area contributed by atoms with E-state index in [9.17, 15) is 4.79 Å². The molecule has 0 saturated carbocycles. The average Bonchev–Trinajstić information content (AvgIpc) is 3.17. The summed E-state index contributed by atoms with van der Waals surface area (Å²) in [6.07, 6.45) is 4.74. The van der Waals surface area contributed by atoms with E-state index in [1.54, 1.807) is 35.0 Å². The van der Waals surface area contributed by atoms with Crippen molar-refractivity contribution >= 4 is 10.9 Å². The number of aromatic nitrogens is 4. The van der Waals surface area contributed by atoms with Gasteiger partial charge < -0.3 is 0 Å². The number of hydrogen-bond acceptors (Lipinski definition) is 4. The average molecular weight is 369 g/mol. The molecule has 2 aromatic carbocycles. The van der Waals surface area contributed by atoms with Crippen molar-refractivity contribution in [2.45, 2.75) is 26.8 Å². The van der Waals surface area contributed by atoms with Crippen LogP contribution >= 0.6 is 0 Å². The van der Waals surface area contributed by atoms with Gasteiger partial charge in [-0.1, -0.05) is 19.1 Å². The molecule has 28 heavy (non-hydrogen) atoms. The van der Waals surface area contributed by atoms with Crippen molar-refractivity contribution in [2.24, 2.45) is 0 Å². The number of aryl methyl sites for hydroxylation is 2. The number of fused-ring (bicyclic) bond motifs is 1. The van der Waals surface area contributed by atoms with Crippen LogP contribution in [0.3, 0.4) is 0 Å². The highest BCUT2D eigenvalue weighted by Gasteiger charge is 2.15. The number of benzene rings is 2. The summed E-state index contributed by atoms with van der Waals surface area (Å²) in [5, 5.41) is 14.0. The monoisotopic (exact) mass is 369 g/mol. The van der Waals surface area contributed by atoms with Gasteiger partial charge in [-0.3, -0.25) is 14.0 Å². The van der Waals surface area contributed by atoms with E-state index >= 15 is 0 Å². The van der Waals surface area contributed by atoms with Crippen molar-refractivity contribution in [3.05, 3.63) is 76.6 Å². The van der Waals surface area contributed by atoms with Gasteiger partial charge in [-0.05, 0) is 49.2 Å². The summed E-state index contributed by atoms with van der Waals surface area (Å²) in [4.78, 5) is 18.1. The molecule has 0 aliphatic carbocycles. The van der Waals surface area contributed by atoms with Crippen molar-refractivity contribution in [1.29, 1.82) is 5.26 Å². The molecular weight excluding hydrogens is 350 g/mol. The predicted molar refractivity (Wildman–Crippen MR) is 108 cm³/mol. The fraction of sp³-hybridized carbons (Fsp3) is 0.182. The zero-order chi connectivity index (χ0) is 19.7. The first kappa shape index (κ1) is 17.7. The minimum Gasteiger partial charge on any atom is -0.272 e. The van der Waals surface area contributed by atoms with Gasteiger partial charge >= 0.3 is 0 Å². The standard InChI is InChI=1S/C22H19N5O/c1-3-11-26-14-17(13-24-26)19-5-4-6-20-21(19)22(28)27(15(2)25-20)18-9-7-16(12-23)8-10-18/h4-10,13-14H,3,11H2,1-2H3. The molecule has 0 aliphatic rings. The van der Waals surface area contributed by atoms with E-state index in [2.05, 4.69) is 23.1 Å². The number of hydrogen-bond donors (Lipinski definition) is 0. The van der Waals surface area contributed by atoms with Crippen molar-refractivity contribution in [1.82, 2.24) is 19.3 Å². The summed E-state index contributed by atoms with van der Waals surface area (Å²) < 4.78 is 3.47. The lowest BCUT2D eigenvalue weighted by Gasteiger charge is -2.12. The number of nitrogens with zero attached hydrogens (tertiary/aromatic N) is 5. The van der Waals surface area contributed by atoms with Gasteiger partial charge in [0, 0.05) is 18.3 Å². The van der Waals surface area contributed by atoms with Gasteiger partial charge in [0.1, 0.15) is 5.82 Å². The summed E-state index contributed by atoms with van der Waals surface area (Å²) in [6.45, 7) is 4.74. The largest absolute Gasteiger partial charge is 0.272 e. The molecule has 0 radical (unpaired) electrons. The maximum Gasteiger partial charge on any atom is 0.266 e. The third-order valence-electron chi connectivity index (χ3n) is 4.72. The summed E-state index contributed by atoms with van der Waals surface area (Å²) >= 11 is 0. The number of nitriles is 1. The molecule has 2 aromatic heterocycles. The highest BCUT2D eigenvalue weighted by Crippen LogP contribution is 2.26. The first-order chi connectivity index (χ1) is 13.6. The van der Waals surface area contributed by atoms with Crippen molar-refractivity contribution in [2.75, 3.05) is 0 Å². The van der Waals surface area contributed by atoms with Crippen LogP contribution in [0, 0.1) is 18.3 Å². The summed E-state index contributed by atoms with van der Waals surface area (Å²) in [5.74, 6) is 0.598. The van der Waals surface area contributed by atoms with Crippen LogP contribution < -0.4 is 5.56 Å². The molecule has 6 nitrogen and oxygen atoms in total. The molecule has 0 saturated heterocycles.